The van der Waals surface area contributed by atoms with Crippen LogP contribution in [0.25, 0.3) is 11.2 Å². The van der Waals surface area contributed by atoms with Crippen LogP contribution in [-0.2, 0) is 0 Å². The molecule has 7 nitrogen and oxygen atoms in total. The fraction of sp³-hybridized carbons (Fsp3) is 0.421. The Morgan fingerprint density at radius 3 is 2.81 bits per heavy atom. The number of likely N-dealkylation sites (N-methyl/N-ethyl adjacent to an activating group) is 1. The number of nitrogens with zero attached hydrogens (tertiary/aromatic N) is 5. The van der Waals surface area contributed by atoms with E-state index in [9.17, 15) is 0 Å². The molecule has 0 amide bonds. The van der Waals surface area contributed by atoms with Crippen LogP contribution in [0.15, 0.2) is 36.7 Å². The van der Waals surface area contributed by atoms with Gasteiger partial charge in [0.15, 0.2) is 11.5 Å². The van der Waals surface area contributed by atoms with Crippen LogP contribution in [0.5, 0.6) is 0 Å². The predicted molar refractivity (Wildman–Crippen MR) is 103 cm³/mol. The molecule has 2 aliphatic heterocycles. The molecule has 2 bridgehead atoms. The Bertz CT molecular complexity index is 907. The Labute approximate surface area is 152 Å². The zero-order chi connectivity index (χ0) is 17.5. The molecule has 2 atom stereocenters. The van der Waals surface area contributed by atoms with E-state index in [0.29, 0.717) is 17.7 Å². The summed E-state index contributed by atoms with van der Waals surface area (Å²) in [6.07, 6.45) is 5.28. The highest BCUT2D eigenvalue weighted by Gasteiger charge is 2.38. The molecule has 2 aliphatic rings. The van der Waals surface area contributed by atoms with Crippen LogP contribution in [-0.4, -0.2) is 57.1 Å². The maximum atomic E-state index is 4.91. The van der Waals surface area contributed by atoms with Gasteiger partial charge in [-0.15, -0.1) is 0 Å². The summed E-state index contributed by atoms with van der Waals surface area (Å²) in [5.74, 6) is 1.58. The third kappa shape index (κ3) is 2.68. The third-order valence-corrected chi connectivity index (χ3v) is 5.53. The highest BCUT2D eigenvalue weighted by Crippen LogP contribution is 2.34. The van der Waals surface area contributed by atoms with Gasteiger partial charge in [-0.05, 0) is 45.0 Å². The van der Waals surface area contributed by atoms with Crippen molar-refractivity contribution in [3.05, 3.63) is 36.7 Å². The number of nitrogens with one attached hydrogen (secondary N) is 2. The van der Waals surface area contributed by atoms with Crippen molar-refractivity contribution in [1.29, 1.82) is 0 Å². The lowest BCUT2D eigenvalue weighted by Crippen LogP contribution is -2.39. The van der Waals surface area contributed by atoms with Crippen LogP contribution < -0.4 is 10.2 Å². The minimum Gasteiger partial charge on any atom is -0.340 e. The number of hydrogen-bond acceptors (Lipinski definition) is 6. The molecule has 26 heavy (non-hydrogen) atoms. The lowest BCUT2D eigenvalue weighted by atomic mass is 10.1. The summed E-state index contributed by atoms with van der Waals surface area (Å²) in [6.45, 7) is 2.21. The summed E-state index contributed by atoms with van der Waals surface area (Å²) < 4.78 is 0. The number of likely N-dealkylation sites (tertiary alicyclic amines) is 1. The first-order chi connectivity index (χ1) is 12.8. The van der Waals surface area contributed by atoms with E-state index in [4.69, 9.17) is 9.97 Å². The van der Waals surface area contributed by atoms with Gasteiger partial charge in [-0.25, -0.2) is 4.98 Å². The molecule has 134 valence electrons. The van der Waals surface area contributed by atoms with Gasteiger partial charge in [0.1, 0.15) is 5.52 Å². The van der Waals surface area contributed by atoms with E-state index in [2.05, 4.69) is 32.1 Å². The number of aromatic amines is 1. The number of benzene rings is 1. The molecule has 7 heteroatoms. The van der Waals surface area contributed by atoms with Gasteiger partial charge in [-0.1, -0.05) is 18.2 Å². The third-order valence-electron chi connectivity index (χ3n) is 5.53. The molecule has 4 heterocycles. The van der Waals surface area contributed by atoms with Crippen LogP contribution in [0.2, 0.25) is 0 Å². The van der Waals surface area contributed by atoms with Crippen LogP contribution in [0, 0.1) is 0 Å². The van der Waals surface area contributed by atoms with Crippen LogP contribution in [0.4, 0.5) is 17.5 Å². The predicted octanol–water partition coefficient (Wildman–Crippen LogP) is 2.77. The van der Waals surface area contributed by atoms with Gasteiger partial charge in [-0.3, -0.25) is 0 Å². The van der Waals surface area contributed by atoms with E-state index in [1.807, 2.05) is 30.3 Å². The molecule has 0 unspecified atom stereocenters. The lowest BCUT2D eigenvalue weighted by Gasteiger charge is -2.28. The maximum absolute atomic E-state index is 4.91. The summed E-state index contributed by atoms with van der Waals surface area (Å²) >= 11 is 0. The second kappa shape index (κ2) is 6.25. The molecule has 3 aromatic rings. The minimum absolute atomic E-state index is 0.480. The van der Waals surface area contributed by atoms with E-state index < -0.39 is 0 Å². The summed E-state index contributed by atoms with van der Waals surface area (Å²) in [6, 6.07) is 11.1. The quantitative estimate of drug-likeness (QED) is 0.757. The molecule has 2 fully saturated rings. The van der Waals surface area contributed by atoms with E-state index in [0.717, 1.165) is 42.5 Å². The number of para-hydroxylation sites is 1. The molecule has 5 rings (SSSR count). The second-order valence-corrected chi connectivity index (χ2v) is 7.31. The summed E-state index contributed by atoms with van der Waals surface area (Å²) in [4.78, 5) is 22.1. The van der Waals surface area contributed by atoms with Crippen molar-refractivity contribution < 1.29 is 0 Å². The fourth-order valence-electron chi connectivity index (χ4n) is 4.26. The Morgan fingerprint density at radius 1 is 1.08 bits per heavy atom. The van der Waals surface area contributed by atoms with Gasteiger partial charge in [-0.2, -0.15) is 9.97 Å². The SMILES string of the molecule is CN1CC[C@@H]2CC[C@H](C1)N2c1nc(Nc2ccccc2)c2[nH]cnc2n1. The first-order valence-electron chi connectivity index (χ1n) is 9.28. The molecule has 0 radical (unpaired) electrons. The van der Waals surface area contributed by atoms with Crippen molar-refractivity contribution in [2.24, 2.45) is 0 Å². The number of rotatable bonds is 3. The molecule has 0 saturated carbocycles. The largest absolute Gasteiger partial charge is 0.340 e. The van der Waals surface area contributed by atoms with Gasteiger partial charge >= 0.3 is 0 Å². The van der Waals surface area contributed by atoms with Crippen LogP contribution >= 0.6 is 0 Å². The van der Waals surface area contributed by atoms with E-state index >= 15 is 0 Å². The standard InChI is InChI=1S/C19H23N7/c1-25-10-9-14-7-8-15(11-25)26(14)19-23-17-16(20-12-21-17)18(24-19)22-13-5-3-2-4-6-13/h2-6,12,14-15H,7-11H2,1H3,(H2,20,21,22,23,24)/t14-,15+/m0/s1. The topological polar surface area (TPSA) is 73.0 Å². The van der Waals surface area contributed by atoms with Gasteiger partial charge in [0.2, 0.25) is 5.95 Å². The Kier molecular flexibility index (Phi) is 3.74. The summed E-state index contributed by atoms with van der Waals surface area (Å²) in [7, 11) is 2.21. The van der Waals surface area contributed by atoms with Crippen molar-refractivity contribution in [1.82, 2.24) is 24.8 Å². The Balaban J connectivity index is 1.56. The zero-order valence-electron chi connectivity index (χ0n) is 14.9. The van der Waals surface area contributed by atoms with Gasteiger partial charge in [0.05, 0.1) is 6.33 Å². The van der Waals surface area contributed by atoms with E-state index in [1.165, 1.54) is 12.8 Å². The van der Waals surface area contributed by atoms with Gasteiger partial charge in [0, 0.05) is 24.3 Å². The molecular weight excluding hydrogens is 326 g/mol. The highest BCUT2D eigenvalue weighted by atomic mass is 15.4. The average molecular weight is 349 g/mol. The Morgan fingerprint density at radius 2 is 1.92 bits per heavy atom. The molecule has 0 aliphatic carbocycles. The molecule has 2 N–H and O–H groups in total. The number of hydrogen-bond donors (Lipinski definition) is 2. The molecular formula is C19H23N7. The second-order valence-electron chi connectivity index (χ2n) is 7.31. The zero-order valence-corrected chi connectivity index (χ0v) is 14.9. The number of H-pyrrole nitrogens is 1. The average Bonchev–Trinajstić information content (AvgIpc) is 3.23. The molecule has 0 spiro atoms. The lowest BCUT2D eigenvalue weighted by molar-refractivity contribution is 0.315. The normalized spacial score (nSPS) is 23.3. The van der Waals surface area contributed by atoms with E-state index in [1.54, 1.807) is 6.33 Å². The highest BCUT2D eigenvalue weighted by molar-refractivity contribution is 5.86. The number of imidazole rings is 1. The fourth-order valence-corrected chi connectivity index (χ4v) is 4.26. The first-order valence-corrected chi connectivity index (χ1v) is 9.28. The van der Waals surface area contributed by atoms with Crippen molar-refractivity contribution in [2.75, 3.05) is 30.4 Å². The van der Waals surface area contributed by atoms with Gasteiger partial charge in [0.25, 0.3) is 0 Å². The summed E-state index contributed by atoms with van der Waals surface area (Å²) in [5, 5.41) is 3.43. The number of anilines is 3. The van der Waals surface area contributed by atoms with Crippen LogP contribution in [0.1, 0.15) is 19.3 Å². The smallest absolute Gasteiger partial charge is 0.230 e. The van der Waals surface area contributed by atoms with Crippen molar-refractivity contribution >= 4 is 28.6 Å². The monoisotopic (exact) mass is 349 g/mol. The number of fused-ring (bicyclic) bond motifs is 3. The Hall–Kier alpha value is -2.67. The van der Waals surface area contributed by atoms with Crippen molar-refractivity contribution in [3.8, 4) is 0 Å². The molecule has 2 saturated heterocycles. The first kappa shape index (κ1) is 15.6. The summed E-state index contributed by atoms with van der Waals surface area (Å²) in [5.41, 5.74) is 2.56. The molecule has 1 aromatic carbocycles. The van der Waals surface area contributed by atoms with E-state index in [-0.39, 0.29) is 0 Å². The van der Waals surface area contributed by atoms with Crippen LogP contribution in [0.3, 0.4) is 0 Å². The molecule has 2 aromatic heterocycles. The number of aromatic nitrogens is 4. The maximum Gasteiger partial charge on any atom is 0.230 e. The van der Waals surface area contributed by atoms with Crippen molar-refractivity contribution in [3.63, 3.8) is 0 Å². The van der Waals surface area contributed by atoms with Gasteiger partial charge < -0.3 is 20.1 Å². The van der Waals surface area contributed by atoms with Crippen molar-refractivity contribution in [2.45, 2.75) is 31.3 Å². The minimum atomic E-state index is 0.480.